The third-order valence-corrected chi connectivity index (χ3v) is 4.04. The average molecular weight is 291 g/mol. The van der Waals surface area contributed by atoms with Gasteiger partial charge in [0.05, 0.1) is 29.5 Å². The fraction of sp³-hybridized carbons (Fsp3) is 0.467. The van der Waals surface area contributed by atoms with Crippen molar-refractivity contribution in [2.24, 2.45) is 5.41 Å². The van der Waals surface area contributed by atoms with Gasteiger partial charge in [0.15, 0.2) is 0 Å². The van der Waals surface area contributed by atoms with E-state index in [-0.39, 0.29) is 5.91 Å². The molecule has 1 amide bonds. The van der Waals surface area contributed by atoms with Crippen LogP contribution in [0.3, 0.4) is 0 Å². The van der Waals surface area contributed by atoms with Crippen molar-refractivity contribution in [1.29, 1.82) is 0 Å². The van der Waals surface area contributed by atoms with E-state index in [1.807, 2.05) is 6.92 Å². The van der Waals surface area contributed by atoms with Gasteiger partial charge in [0.2, 0.25) is 5.91 Å². The van der Waals surface area contributed by atoms with Gasteiger partial charge >= 0.3 is 5.97 Å². The molecular formula is C15H21N3O3. The van der Waals surface area contributed by atoms with Crippen molar-refractivity contribution in [2.75, 3.05) is 37.9 Å². The lowest BCUT2D eigenvalue weighted by atomic mass is 9.89. The number of anilines is 2. The number of benzene rings is 1. The monoisotopic (exact) mass is 291 g/mol. The lowest BCUT2D eigenvalue weighted by Crippen LogP contribution is -2.39. The molecule has 0 bridgehead atoms. The number of carbonyl (C=O) groups excluding carboxylic acids is 2. The number of carbonyl (C=O) groups is 2. The van der Waals surface area contributed by atoms with Crippen LogP contribution in [-0.4, -0.2) is 39.1 Å². The molecule has 21 heavy (non-hydrogen) atoms. The second-order valence-electron chi connectivity index (χ2n) is 5.58. The molecule has 1 fully saturated rings. The van der Waals surface area contributed by atoms with Crippen LogP contribution in [0.25, 0.3) is 0 Å². The number of nitrogens with zero attached hydrogens (tertiary/aromatic N) is 1. The van der Waals surface area contributed by atoms with E-state index in [1.54, 1.807) is 25.2 Å². The molecule has 0 aromatic heterocycles. The van der Waals surface area contributed by atoms with E-state index in [9.17, 15) is 9.59 Å². The van der Waals surface area contributed by atoms with Gasteiger partial charge in [-0.2, -0.15) is 0 Å². The van der Waals surface area contributed by atoms with Gasteiger partial charge < -0.3 is 20.7 Å². The first kappa shape index (κ1) is 15.2. The first-order chi connectivity index (χ1) is 9.91. The SMILES string of the molecule is CNC(=O)C1(C)CCN(c2ccc(C(=O)OC)cc2N)C1. The van der Waals surface area contributed by atoms with Crippen LogP contribution >= 0.6 is 0 Å². The van der Waals surface area contributed by atoms with Crippen LogP contribution in [0.4, 0.5) is 11.4 Å². The summed E-state index contributed by atoms with van der Waals surface area (Å²) in [5.74, 6) is -0.375. The predicted octanol–water partition coefficient (Wildman–Crippen LogP) is 1.02. The molecule has 1 saturated heterocycles. The third kappa shape index (κ3) is 2.79. The van der Waals surface area contributed by atoms with Crippen molar-refractivity contribution in [2.45, 2.75) is 13.3 Å². The standard InChI is InChI=1S/C15H21N3O3/c1-15(14(20)17-2)6-7-18(9-15)12-5-4-10(8-11(12)16)13(19)21-3/h4-5,8H,6-7,9,16H2,1-3H3,(H,17,20). The molecule has 1 aliphatic heterocycles. The molecule has 1 aromatic rings. The number of methoxy groups -OCH3 is 1. The molecular weight excluding hydrogens is 270 g/mol. The molecule has 0 radical (unpaired) electrons. The minimum Gasteiger partial charge on any atom is -0.465 e. The van der Waals surface area contributed by atoms with Gasteiger partial charge in [-0.05, 0) is 31.5 Å². The molecule has 1 aromatic carbocycles. The number of rotatable bonds is 3. The van der Waals surface area contributed by atoms with E-state index in [0.717, 1.165) is 18.7 Å². The number of nitrogens with two attached hydrogens (primary N) is 1. The maximum Gasteiger partial charge on any atom is 0.337 e. The number of esters is 1. The lowest BCUT2D eigenvalue weighted by molar-refractivity contribution is -0.128. The van der Waals surface area contributed by atoms with E-state index in [0.29, 0.717) is 17.8 Å². The Labute approximate surface area is 124 Å². The predicted molar refractivity (Wildman–Crippen MR) is 81.2 cm³/mol. The number of ether oxygens (including phenoxy) is 1. The van der Waals surface area contributed by atoms with Gasteiger partial charge in [0, 0.05) is 20.1 Å². The van der Waals surface area contributed by atoms with Gasteiger partial charge in [-0.1, -0.05) is 0 Å². The Morgan fingerprint density at radius 1 is 1.43 bits per heavy atom. The number of hydrogen-bond acceptors (Lipinski definition) is 5. The second-order valence-corrected chi connectivity index (χ2v) is 5.58. The van der Waals surface area contributed by atoms with Crippen molar-refractivity contribution in [3.05, 3.63) is 23.8 Å². The van der Waals surface area contributed by atoms with E-state index >= 15 is 0 Å². The summed E-state index contributed by atoms with van der Waals surface area (Å²) in [5, 5.41) is 2.71. The minimum absolute atomic E-state index is 0.0368. The zero-order chi connectivity index (χ0) is 15.6. The summed E-state index contributed by atoms with van der Waals surface area (Å²) in [6.45, 7) is 3.31. The Kier molecular flexibility index (Phi) is 4.06. The third-order valence-electron chi connectivity index (χ3n) is 4.04. The van der Waals surface area contributed by atoms with E-state index in [2.05, 4.69) is 15.0 Å². The van der Waals surface area contributed by atoms with Crippen molar-refractivity contribution in [1.82, 2.24) is 5.32 Å². The summed E-state index contributed by atoms with van der Waals surface area (Å²) in [6.07, 6.45) is 0.769. The van der Waals surface area contributed by atoms with Gasteiger partial charge in [0.25, 0.3) is 0 Å². The molecule has 114 valence electrons. The number of nitrogens with one attached hydrogen (secondary N) is 1. The van der Waals surface area contributed by atoms with Crippen molar-refractivity contribution < 1.29 is 14.3 Å². The summed E-state index contributed by atoms with van der Waals surface area (Å²) >= 11 is 0. The van der Waals surface area contributed by atoms with Crippen molar-refractivity contribution in [3.63, 3.8) is 0 Å². The van der Waals surface area contributed by atoms with Gasteiger partial charge in [-0.3, -0.25) is 4.79 Å². The molecule has 6 nitrogen and oxygen atoms in total. The van der Waals surface area contributed by atoms with Crippen LogP contribution in [0.5, 0.6) is 0 Å². The molecule has 1 atom stereocenters. The fourth-order valence-electron chi connectivity index (χ4n) is 2.74. The number of nitrogen functional groups attached to an aromatic ring is 1. The van der Waals surface area contributed by atoms with Gasteiger partial charge in [0.1, 0.15) is 0 Å². The summed E-state index contributed by atoms with van der Waals surface area (Å²) in [7, 11) is 2.98. The molecule has 0 saturated carbocycles. The number of amides is 1. The molecule has 1 heterocycles. The highest BCUT2D eigenvalue weighted by molar-refractivity contribution is 5.92. The molecule has 0 aliphatic carbocycles. The molecule has 1 aliphatic rings. The van der Waals surface area contributed by atoms with Crippen LogP contribution in [0, 0.1) is 5.41 Å². The normalized spacial score (nSPS) is 21.2. The van der Waals surface area contributed by atoms with E-state index < -0.39 is 11.4 Å². The number of hydrogen-bond donors (Lipinski definition) is 2. The van der Waals surface area contributed by atoms with Crippen LogP contribution < -0.4 is 16.0 Å². The first-order valence-corrected chi connectivity index (χ1v) is 6.86. The minimum atomic E-state index is -0.414. The molecule has 1 unspecified atom stereocenters. The van der Waals surface area contributed by atoms with Crippen LogP contribution in [-0.2, 0) is 9.53 Å². The highest BCUT2D eigenvalue weighted by Gasteiger charge is 2.40. The Hall–Kier alpha value is -2.24. The van der Waals surface area contributed by atoms with Crippen molar-refractivity contribution >= 4 is 23.3 Å². The van der Waals surface area contributed by atoms with Crippen molar-refractivity contribution in [3.8, 4) is 0 Å². The molecule has 6 heteroatoms. The van der Waals surface area contributed by atoms with E-state index in [4.69, 9.17) is 5.73 Å². The van der Waals surface area contributed by atoms with Crippen LogP contribution in [0.2, 0.25) is 0 Å². The fourth-order valence-corrected chi connectivity index (χ4v) is 2.74. The maximum atomic E-state index is 11.9. The summed E-state index contributed by atoms with van der Waals surface area (Å²) in [5.41, 5.74) is 7.41. The molecule has 3 N–H and O–H groups in total. The smallest absolute Gasteiger partial charge is 0.337 e. The quantitative estimate of drug-likeness (QED) is 0.641. The zero-order valence-electron chi connectivity index (χ0n) is 12.6. The van der Waals surface area contributed by atoms with Crippen LogP contribution in [0.1, 0.15) is 23.7 Å². The second kappa shape index (κ2) is 5.63. The maximum absolute atomic E-state index is 11.9. The Balaban J connectivity index is 2.21. The zero-order valence-corrected chi connectivity index (χ0v) is 12.6. The topological polar surface area (TPSA) is 84.7 Å². The molecule has 2 rings (SSSR count). The Bertz CT molecular complexity index is 573. The average Bonchev–Trinajstić information content (AvgIpc) is 2.88. The highest BCUT2D eigenvalue weighted by Crippen LogP contribution is 2.36. The highest BCUT2D eigenvalue weighted by atomic mass is 16.5. The van der Waals surface area contributed by atoms with Crippen LogP contribution in [0.15, 0.2) is 18.2 Å². The van der Waals surface area contributed by atoms with Gasteiger partial charge in [-0.15, -0.1) is 0 Å². The summed E-state index contributed by atoms with van der Waals surface area (Å²) in [4.78, 5) is 25.5. The first-order valence-electron chi connectivity index (χ1n) is 6.86. The largest absolute Gasteiger partial charge is 0.465 e. The Morgan fingerprint density at radius 2 is 2.14 bits per heavy atom. The van der Waals surface area contributed by atoms with E-state index in [1.165, 1.54) is 7.11 Å². The summed E-state index contributed by atoms with van der Waals surface area (Å²) in [6, 6.07) is 5.10. The molecule has 0 spiro atoms. The lowest BCUT2D eigenvalue weighted by Gasteiger charge is -2.25. The van der Waals surface area contributed by atoms with Gasteiger partial charge in [-0.25, -0.2) is 4.79 Å². The Morgan fingerprint density at radius 3 is 2.71 bits per heavy atom. The summed E-state index contributed by atoms with van der Waals surface area (Å²) < 4.78 is 4.67.